The minimum Gasteiger partial charge on any atom is -0.377 e. The van der Waals surface area contributed by atoms with Crippen LogP contribution in [0, 0.1) is 13.8 Å². The molecule has 3 rings (SSSR count). The summed E-state index contributed by atoms with van der Waals surface area (Å²) in [6.45, 7) is 4.16. The van der Waals surface area contributed by atoms with Gasteiger partial charge in [-0.15, -0.1) is 0 Å². The number of halogens is 2. The fraction of sp³-hybridized carbons (Fsp3) is 0.381. The van der Waals surface area contributed by atoms with Crippen LogP contribution in [0.4, 0.5) is 5.69 Å². The summed E-state index contributed by atoms with van der Waals surface area (Å²) in [4.78, 5) is 12.7. The van der Waals surface area contributed by atoms with E-state index in [1.165, 1.54) is 18.2 Å². The molecule has 0 aromatic heterocycles. The summed E-state index contributed by atoms with van der Waals surface area (Å²) in [7, 11) is -4.02. The topological polar surface area (TPSA) is 75.7 Å². The second-order valence-electron chi connectivity index (χ2n) is 7.33. The van der Waals surface area contributed by atoms with Gasteiger partial charge in [-0.3, -0.25) is 4.79 Å². The minimum atomic E-state index is -4.02. The number of aryl methyl sites for hydroxylation is 1. The molecule has 2 aromatic carbocycles. The molecular weight excluding hydrogens is 447 g/mol. The highest BCUT2D eigenvalue weighted by Crippen LogP contribution is 2.26. The SMILES string of the molecule is Cc1cccc(NC(=O)CN(CC2CCCO2)S(=O)(=O)c2cc(Cl)cc(Cl)c2)c1C. The maximum Gasteiger partial charge on any atom is 0.243 e. The summed E-state index contributed by atoms with van der Waals surface area (Å²) >= 11 is 12.0. The molecule has 6 nitrogen and oxygen atoms in total. The summed E-state index contributed by atoms with van der Waals surface area (Å²) < 4.78 is 33.4. The maximum absolute atomic E-state index is 13.3. The zero-order valence-corrected chi connectivity index (χ0v) is 19.1. The third-order valence-electron chi connectivity index (χ3n) is 5.10. The molecule has 1 aliphatic rings. The summed E-state index contributed by atoms with van der Waals surface area (Å²) in [6, 6.07) is 9.69. The number of nitrogens with one attached hydrogen (secondary N) is 1. The lowest BCUT2D eigenvalue weighted by Crippen LogP contribution is -2.42. The Labute approximate surface area is 187 Å². The molecule has 1 amide bonds. The van der Waals surface area contributed by atoms with E-state index in [2.05, 4.69) is 5.32 Å². The molecule has 1 heterocycles. The molecule has 1 N–H and O–H groups in total. The van der Waals surface area contributed by atoms with Crippen LogP contribution in [0.25, 0.3) is 0 Å². The number of ether oxygens (including phenoxy) is 1. The van der Waals surface area contributed by atoms with Crippen molar-refractivity contribution in [3.63, 3.8) is 0 Å². The number of benzene rings is 2. The first-order valence-electron chi connectivity index (χ1n) is 9.61. The molecule has 2 aromatic rings. The normalized spacial score (nSPS) is 16.8. The van der Waals surface area contributed by atoms with Gasteiger partial charge in [0.15, 0.2) is 0 Å². The summed E-state index contributed by atoms with van der Waals surface area (Å²) in [5.74, 6) is -0.432. The Morgan fingerprint density at radius 2 is 1.90 bits per heavy atom. The number of carbonyl (C=O) groups excluding carboxylic acids is 1. The number of carbonyl (C=O) groups is 1. The number of anilines is 1. The Hall–Kier alpha value is -1.64. The average molecular weight is 471 g/mol. The zero-order chi connectivity index (χ0) is 21.9. The molecular formula is C21H24Cl2N2O4S. The van der Waals surface area contributed by atoms with Gasteiger partial charge in [0.25, 0.3) is 0 Å². The number of hydrogen-bond donors (Lipinski definition) is 1. The highest BCUT2D eigenvalue weighted by Gasteiger charge is 2.31. The highest BCUT2D eigenvalue weighted by atomic mass is 35.5. The number of hydrogen-bond acceptors (Lipinski definition) is 4. The Bertz CT molecular complexity index is 1020. The van der Waals surface area contributed by atoms with Gasteiger partial charge in [-0.05, 0) is 62.1 Å². The van der Waals surface area contributed by atoms with E-state index in [0.29, 0.717) is 12.3 Å². The van der Waals surface area contributed by atoms with E-state index in [0.717, 1.165) is 28.3 Å². The summed E-state index contributed by atoms with van der Waals surface area (Å²) in [5.41, 5.74) is 2.62. The molecule has 0 saturated carbocycles. The molecule has 0 radical (unpaired) electrons. The fourth-order valence-electron chi connectivity index (χ4n) is 3.33. The summed E-state index contributed by atoms with van der Waals surface area (Å²) in [5, 5.41) is 3.23. The lowest BCUT2D eigenvalue weighted by molar-refractivity contribution is -0.116. The third kappa shape index (κ3) is 5.53. The monoisotopic (exact) mass is 470 g/mol. The van der Waals surface area contributed by atoms with Crippen LogP contribution in [-0.4, -0.2) is 44.4 Å². The van der Waals surface area contributed by atoms with Gasteiger partial charge in [0, 0.05) is 28.9 Å². The number of rotatable bonds is 7. The van der Waals surface area contributed by atoms with Crippen molar-refractivity contribution in [1.82, 2.24) is 4.31 Å². The molecule has 1 aliphatic heterocycles. The molecule has 9 heteroatoms. The van der Waals surface area contributed by atoms with Crippen molar-refractivity contribution in [3.8, 4) is 0 Å². The van der Waals surface area contributed by atoms with Gasteiger partial charge in [0.1, 0.15) is 0 Å². The first-order valence-corrected chi connectivity index (χ1v) is 11.8. The smallest absolute Gasteiger partial charge is 0.243 e. The standard InChI is InChI=1S/C21H24Cl2N2O4S/c1-14-5-3-7-20(15(14)2)24-21(26)13-25(12-18-6-4-8-29-18)30(27,28)19-10-16(22)9-17(23)11-19/h3,5,7,9-11,18H,4,6,8,12-13H2,1-2H3,(H,24,26). The van der Waals surface area contributed by atoms with Crippen LogP contribution < -0.4 is 5.32 Å². The van der Waals surface area contributed by atoms with Gasteiger partial charge in [-0.1, -0.05) is 35.3 Å². The van der Waals surface area contributed by atoms with Gasteiger partial charge in [-0.2, -0.15) is 4.31 Å². The molecule has 0 bridgehead atoms. The zero-order valence-electron chi connectivity index (χ0n) is 16.8. The van der Waals surface area contributed by atoms with E-state index in [-0.39, 0.29) is 34.1 Å². The molecule has 30 heavy (non-hydrogen) atoms. The Morgan fingerprint density at radius 3 is 2.53 bits per heavy atom. The van der Waals surface area contributed by atoms with Crippen molar-refractivity contribution >= 4 is 44.8 Å². The molecule has 1 saturated heterocycles. The van der Waals surface area contributed by atoms with Crippen LogP contribution in [0.3, 0.4) is 0 Å². The largest absolute Gasteiger partial charge is 0.377 e. The van der Waals surface area contributed by atoms with Crippen molar-refractivity contribution < 1.29 is 17.9 Å². The van der Waals surface area contributed by atoms with Gasteiger partial charge in [0.05, 0.1) is 17.5 Å². The average Bonchev–Trinajstić information content (AvgIpc) is 3.17. The number of amides is 1. The van der Waals surface area contributed by atoms with Crippen LogP contribution in [-0.2, 0) is 19.6 Å². The first-order chi connectivity index (χ1) is 14.2. The van der Waals surface area contributed by atoms with Crippen molar-refractivity contribution in [2.24, 2.45) is 0 Å². The second kappa shape index (κ2) is 9.66. The minimum absolute atomic E-state index is 0.0578. The molecule has 0 spiro atoms. The predicted molar refractivity (Wildman–Crippen MR) is 119 cm³/mol. The van der Waals surface area contributed by atoms with E-state index < -0.39 is 15.9 Å². The van der Waals surface area contributed by atoms with Crippen LogP contribution in [0.5, 0.6) is 0 Å². The maximum atomic E-state index is 13.3. The van der Waals surface area contributed by atoms with Crippen LogP contribution in [0.1, 0.15) is 24.0 Å². The predicted octanol–water partition coefficient (Wildman–Crippen LogP) is 4.42. The fourth-order valence-corrected chi connectivity index (χ4v) is 5.48. The lowest BCUT2D eigenvalue weighted by atomic mass is 10.1. The Kier molecular flexibility index (Phi) is 7.42. The van der Waals surface area contributed by atoms with Crippen LogP contribution in [0.15, 0.2) is 41.3 Å². The van der Waals surface area contributed by atoms with Crippen molar-refractivity contribution in [2.75, 3.05) is 25.0 Å². The first kappa shape index (κ1) is 23.0. The van der Waals surface area contributed by atoms with E-state index >= 15 is 0 Å². The third-order valence-corrected chi connectivity index (χ3v) is 7.33. The van der Waals surface area contributed by atoms with E-state index in [9.17, 15) is 13.2 Å². The molecule has 162 valence electrons. The van der Waals surface area contributed by atoms with Crippen molar-refractivity contribution in [2.45, 2.75) is 37.7 Å². The lowest BCUT2D eigenvalue weighted by Gasteiger charge is -2.25. The number of nitrogens with zero attached hydrogens (tertiary/aromatic N) is 1. The summed E-state index contributed by atoms with van der Waals surface area (Å²) in [6.07, 6.45) is 1.33. The number of sulfonamides is 1. The van der Waals surface area contributed by atoms with Gasteiger partial charge >= 0.3 is 0 Å². The quantitative estimate of drug-likeness (QED) is 0.649. The van der Waals surface area contributed by atoms with Crippen LogP contribution in [0.2, 0.25) is 10.0 Å². The van der Waals surface area contributed by atoms with E-state index in [1.807, 2.05) is 26.0 Å². The van der Waals surface area contributed by atoms with Crippen molar-refractivity contribution in [1.29, 1.82) is 0 Å². The molecule has 1 atom stereocenters. The van der Waals surface area contributed by atoms with Crippen molar-refractivity contribution in [3.05, 3.63) is 57.6 Å². The van der Waals surface area contributed by atoms with Gasteiger partial charge < -0.3 is 10.1 Å². The van der Waals surface area contributed by atoms with E-state index in [1.54, 1.807) is 6.07 Å². The Morgan fingerprint density at radius 1 is 1.20 bits per heavy atom. The van der Waals surface area contributed by atoms with Gasteiger partial charge in [0.2, 0.25) is 15.9 Å². The molecule has 1 fully saturated rings. The van der Waals surface area contributed by atoms with Crippen LogP contribution >= 0.6 is 23.2 Å². The second-order valence-corrected chi connectivity index (χ2v) is 10.1. The Balaban J connectivity index is 1.86. The van der Waals surface area contributed by atoms with E-state index in [4.69, 9.17) is 27.9 Å². The molecule has 1 unspecified atom stereocenters. The highest BCUT2D eigenvalue weighted by molar-refractivity contribution is 7.89. The van der Waals surface area contributed by atoms with Gasteiger partial charge in [-0.25, -0.2) is 8.42 Å². The molecule has 0 aliphatic carbocycles.